The Morgan fingerprint density at radius 1 is 1.44 bits per heavy atom. The molecule has 18 heavy (non-hydrogen) atoms. The summed E-state index contributed by atoms with van der Waals surface area (Å²) in [6, 6.07) is 3.92. The maximum Gasteiger partial charge on any atom is 0.270 e. The maximum atomic E-state index is 10.9. The summed E-state index contributed by atoms with van der Waals surface area (Å²) in [5.41, 5.74) is 0.0345. The largest absolute Gasteiger partial charge is 0.298 e. The van der Waals surface area contributed by atoms with Crippen molar-refractivity contribution in [3.8, 4) is 0 Å². The summed E-state index contributed by atoms with van der Waals surface area (Å²) in [7, 11) is -3.05. The molecule has 0 aliphatic rings. The first-order valence-corrected chi connectivity index (χ1v) is 7.92. The van der Waals surface area contributed by atoms with E-state index in [4.69, 9.17) is 0 Å². The molecule has 1 aromatic rings. The van der Waals surface area contributed by atoms with E-state index in [0.717, 1.165) is 6.26 Å². The highest BCUT2D eigenvalue weighted by Gasteiger charge is 2.11. The zero-order valence-electron chi connectivity index (χ0n) is 9.53. The molecule has 0 aliphatic carbocycles. The Morgan fingerprint density at radius 3 is 2.61 bits per heavy atom. The van der Waals surface area contributed by atoms with Crippen molar-refractivity contribution in [2.75, 3.05) is 17.8 Å². The number of non-ortho nitro benzene ring substituents is 1. The van der Waals surface area contributed by atoms with Crippen molar-refractivity contribution in [1.82, 2.24) is 0 Å². The van der Waals surface area contributed by atoms with E-state index in [1.807, 2.05) is 0 Å². The Bertz CT molecular complexity index is 568. The summed E-state index contributed by atoms with van der Waals surface area (Å²) >= 11 is 1.19. The number of sulfone groups is 1. The summed E-state index contributed by atoms with van der Waals surface area (Å²) in [6.45, 7) is 0. The third kappa shape index (κ3) is 4.46. The lowest BCUT2D eigenvalue weighted by Gasteiger charge is -2.03. The fourth-order valence-corrected chi connectivity index (χ4v) is 3.38. The van der Waals surface area contributed by atoms with Crippen LogP contribution in [0.1, 0.15) is 10.4 Å². The number of thioether (sulfide) groups is 1. The molecule has 0 fully saturated rings. The fourth-order valence-electron chi connectivity index (χ4n) is 1.18. The van der Waals surface area contributed by atoms with Crippen LogP contribution in [-0.2, 0) is 9.84 Å². The van der Waals surface area contributed by atoms with Gasteiger partial charge in [-0.2, -0.15) is 0 Å². The predicted octanol–water partition coefficient (Wildman–Crippen LogP) is 1.54. The highest BCUT2D eigenvalue weighted by Crippen LogP contribution is 2.25. The Kier molecular flexibility index (Phi) is 4.85. The number of nitro benzene ring substituents is 1. The van der Waals surface area contributed by atoms with Crippen LogP contribution in [0.4, 0.5) is 5.69 Å². The van der Waals surface area contributed by atoms with Crippen molar-refractivity contribution in [3.63, 3.8) is 0 Å². The average Bonchev–Trinajstić information content (AvgIpc) is 2.27. The van der Waals surface area contributed by atoms with Gasteiger partial charge in [-0.15, -0.1) is 11.8 Å². The number of nitrogens with zero attached hydrogens (tertiary/aromatic N) is 1. The number of carbonyl (C=O) groups is 1. The van der Waals surface area contributed by atoms with Crippen molar-refractivity contribution in [3.05, 3.63) is 33.9 Å². The molecule has 8 heteroatoms. The maximum absolute atomic E-state index is 10.9. The highest BCUT2D eigenvalue weighted by atomic mass is 32.2. The first-order valence-electron chi connectivity index (χ1n) is 4.87. The SMILES string of the molecule is CS(=O)(=O)CCSc1ccc([N+](=O)[O-])cc1C=O. The number of rotatable bonds is 6. The van der Waals surface area contributed by atoms with Crippen LogP contribution < -0.4 is 0 Å². The Balaban J connectivity index is 2.83. The number of benzene rings is 1. The summed E-state index contributed by atoms with van der Waals surface area (Å²) in [5.74, 6) is 0.296. The first kappa shape index (κ1) is 14.7. The molecule has 0 unspecified atom stereocenters. The van der Waals surface area contributed by atoms with Crippen LogP contribution in [0.5, 0.6) is 0 Å². The molecule has 1 rings (SSSR count). The standard InChI is InChI=1S/C10H11NO5S2/c1-18(15,16)5-4-17-10-3-2-9(11(13)14)6-8(10)7-12/h2-3,6-7H,4-5H2,1H3. The van der Waals surface area contributed by atoms with Crippen molar-refractivity contribution < 1.29 is 18.1 Å². The molecular weight excluding hydrogens is 278 g/mol. The van der Waals surface area contributed by atoms with Crippen LogP contribution in [0.3, 0.4) is 0 Å². The zero-order chi connectivity index (χ0) is 13.8. The minimum Gasteiger partial charge on any atom is -0.298 e. The van der Waals surface area contributed by atoms with Gasteiger partial charge in [-0.1, -0.05) is 0 Å². The Labute approximate surface area is 108 Å². The quantitative estimate of drug-likeness (QED) is 0.341. The van der Waals surface area contributed by atoms with Crippen LogP contribution in [-0.4, -0.2) is 37.4 Å². The lowest BCUT2D eigenvalue weighted by atomic mass is 10.2. The van der Waals surface area contributed by atoms with Gasteiger partial charge in [0.25, 0.3) is 5.69 Å². The van der Waals surface area contributed by atoms with Crippen LogP contribution in [0, 0.1) is 10.1 Å². The lowest BCUT2D eigenvalue weighted by molar-refractivity contribution is -0.384. The molecule has 0 aromatic heterocycles. The molecule has 0 bridgehead atoms. The molecule has 0 heterocycles. The van der Waals surface area contributed by atoms with Crippen LogP contribution in [0.2, 0.25) is 0 Å². The molecule has 0 aliphatic heterocycles. The summed E-state index contributed by atoms with van der Waals surface area (Å²) < 4.78 is 21.9. The molecule has 0 saturated carbocycles. The van der Waals surface area contributed by atoms with Gasteiger partial charge in [-0.3, -0.25) is 14.9 Å². The molecule has 6 nitrogen and oxygen atoms in total. The van der Waals surface area contributed by atoms with Crippen LogP contribution in [0.25, 0.3) is 0 Å². The van der Waals surface area contributed by atoms with Crippen LogP contribution >= 0.6 is 11.8 Å². The third-order valence-corrected chi connectivity index (χ3v) is 4.34. The molecule has 0 N–H and O–H groups in total. The van der Waals surface area contributed by atoms with Gasteiger partial charge in [0.1, 0.15) is 9.84 Å². The summed E-state index contributed by atoms with van der Waals surface area (Å²) in [5, 5.41) is 10.5. The topological polar surface area (TPSA) is 94.3 Å². The molecule has 0 amide bonds. The Hall–Kier alpha value is -1.41. The second-order valence-electron chi connectivity index (χ2n) is 3.58. The smallest absolute Gasteiger partial charge is 0.270 e. The van der Waals surface area contributed by atoms with Gasteiger partial charge < -0.3 is 0 Å². The van der Waals surface area contributed by atoms with E-state index in [0.29, 0.717) is 16.9 Å². The summed E-state index contributed by atoms with van der Waals surface area (Å²) in [6.07, 6.45) is 1.65. The van der Waals surface area contributed by atoms with Gasteiger partial charge in [-0.25, -0.2) is 8.42 Å². The average molecular weight is 289 g/mol. The zero-order valence-corrected chi connectivity index (χ0v) is 11.2. The van der Waals surface area contributed by atoms with E-state index in [9.17, 15) is 23.3 Å². The van der Waals surface area contributed by atoms with Crippen LogP contribution in [0.15, 0.2) is 23.1 Å². The van der Waals surface area contributed by atoms with E-state index < -0.39 is 14.8 Å². The van der Waals surface area contributed by atoms with Gasteiger partial charge >= 0.3 is 0 Å². The monoisotopic (exact) mass is 289 g/mol. The van der Waals surface area contributed by atoms with Crippen molar-refractivity contribution >= 4 is 33.6 Å². The minimum atomic E-state index is -3.05. The van der Waals surface area contributed by atoms with Gasteiger partial charge in [-0.05, 0) is 6.07 Å². The Morgan fingerprint density at radius 2 is 2.11 bits per heavy atom. The first-order chi connectivity index (χ1) is 8.33. The minimum absolute atomic E-state index is 0.00699. The fraction of sp³-hybridized carbons (Fsp3) is 0.300. The molecule has 0 atom stereocenters. The number of hydrogen-bond acceptors (Lipinski definition) is 6. The number of carbonyl (C=O) groups excluding carboxylic acids is 1. The van der Waals surface area contributed by atoms with E-state index in [1.54, 1.807) is 0 Å². The van der Waals surface area contributed by atoms with Gasteiger partial charge in [0, 0.05) is 34.6 Å². The van der Waals surface area contributed by atoms with E-state index in [2.05, 4.69) is 0 Å². The normalized spacial score (nSPS) is 11.2. The van der Waals surface area contributed by atoms with E-state index in [-0.39, 0.29) is 17.0 Å². The summed E-state index contributed by atoms with van der Waals surface area (Å²) in [4.78, 5) is 21.3. The molecule has 0 radical (unpaired) electrons. The van der Waals surface area contributed by atoms with Gasteiger partial charge in [0.15, 0.2) is 6.29 Å². The van der Waals surface area contributed by atoms with Gasteiger partial charge in [0.2, 0.25) is 0 Å². The second kappa shape index (κ2) is 5.96. The third-order valence-electron chi connectivity index (χ3n) is 2.04. The lowest BCUT2D eigenvalue weighted by Crippen LogP contribution is -2.05. The number of hydrogen-bond donors (Lipinski definition) is 0. The molecule has 98 valence electrons. The number of nitro groups is 1. The molecule has 0 spiro atoms. The molecule has 1 aromatic carbocycles. The van der Waals surface area contributed by atoms with Crippen molar-refractivity contribution in [1.29, 1.82) is 0 Å². The number of aldehydes is 1. The van der Waals surface area contributed by atoms with E-state index in [1.165, 1.54) is 30.0 Å². The van der Waals surface area contributed by atoms with Crippen molar-refractivity contribution in [2.45, 2.75) is 4.90 Å². The van der Waals surface area contributed by atoms with Crippen molar-refractivity contribution in [2.24, 2.45) is 0 Å². The predicted molar refractivity (Wildman–Crippen MR) is 68.9 cm³/mol. The van der Waals surface area contributed by atoms with E-state index >= 15 is 0 Å². The second-order valence-corrected chi connectivity index (χ2v) is 6.97. The highest BCUT2D eigenvalue weighted by molar-refractivity contribution is 8.00. The molecular formula is C10H11NO5S2. The molecule has 0 saturated heterocycles. The van der Waals surface area contributed by atoms with Gasteiger partial charge in [0.05, 0.1) is 10.7 Å².